The highest BCUT2D eigenvalue weighted by Crippen LogP contribution is 2.36. The van der Waals surface area contributed by atoms with Gasteiger partial charge in [-0.1, -0.05) is 68.0 Å². The van der Waals surface area contributed by atoms with Crippen molar-refractivity contribution in [3.8, 4) is 0 Å². The van der Waals surface area contributed by atoms with Gasteiger partial charge in [-0.05, 0) is 48.4 Å². The van der Waals surface area contributed by atoms with Gasteiger partial charge in [-0.3, -0.25) is 0 Å². The maximum absolute atomic E-state index is 11.8. The van der Waals surface area contributed by atoms with Crippen LogP contribution in [0.5, 0.6) is 0 Å². The molecule has 0 spiro atoms. The number of rotatable bonds is 13. The van der Waals surface area contributed by atoms with Crippen LogP contribution in [-0.2, 0) is 25.7 Å². The van der Waals surface area contributed by atoms with Crippen LogP contribution in [0.15, 0.2) is 60.7 Å². The van der Waals surface area contributed by atoms with Crippen LogP contribution < -0.4 is 0 Å². The highest BCUT2D eigenvalue weighted by Gasteiger charge is 2.54. The molecule has 6 heteroatoms. The van der Waals surface area contributed by atoms with Gasteiger partial charge in [0.1, 0.15) is 29.5 Å². The Hall–Kier alpha value is -2.06. The van der Waals surface area contributed by atoms with Gasteiger partial charge < -0.3 is 30.6 Å². The molecule has 0 aliphatic rings. The highest BCUT2D eigenvalue weighted by atomic mass is 16.4. The Kier molecular flexibility index (Phi) is 10.0. The second-order valence-electron chi connectivity index (χ2n) is 9.42. The molecule has 0 aromatic heterocycles. The predicted molar refractivity (Wildman–Crippen MR) is 133 cm³/mol. The van der Waals surface area contributed by atoms with E-state index < -0.39 is 36.1 Å². The number of aryl methyl sites for hydroxylation is 2. The third-order valence-corrected chi connectivity index (χ3v) is 6.62. The van der Waals surface area contributed by atoms with Gasteiger partial charge in [0.25, 0.3) is 0 Å². The summed E-state index contributed by atoms with van der Waals surface area (Å²) in [4.78, 5) is 0. The van der Waals surface area contributed by atoms with Crippen LogP contribution in [0, 0.1) is 0 Å². The van der Waals surface area contributed by atoms with Crippen LogP contribution in [-0.4, -0.2) is 66.8 Å². The molecule has 0 heterocycles. The van der Waals surface area contributed by atoms with Crippen molar-refractivity contribution in [2.75, 3.05) is 6.61 Å². The smallest absolute Gasteiger partial charge is 0.126 e. The van der Waals surface area contributed by atoms with Crippen LogP contribution >= 0.6 is 0 Å². The molecular weight excluding hydrogens is 432 g/mol. The fourth-order valence-corrected chi connectivity index (χ4v) is 4.82. The van der Waals surface area contributed by atoms with Crippen LogP contribution in [0.1, 0.15) is 49.4 Å². The van der Waals surface area contributed by atoms with Crippen molar-refractivity contribution in [3.63, 3.8) is 0 Å². The van der Waals surface area contributed by atoms with Crippen molar-refractivity contribution in [1.29, 1.82) is 0 Å². The lowest BCUT2D eigenvalue weighted by molar-refractivity contribution is -0.228. The molecule has 5 atom stereocenters. The molecule has 1 unspecified atom stereocenters. The lowest BCUT2D eigenvalue weighted by atomic mass is 9.70. The highest BCUT2D eigenvalue weighted by molar-refractivity contribution is 5.32. The SMILES string of the molecule is C=C(C)CC(O)(Cc1ccccc1CC)[C@@H](O)[C@@](O)(Cc1ccccc1CC)[C@H](O)[C@@H](O)CO. The Morgan fingerprint density at radius 3 is 1.68 bits per heavy atom. The van der Waals surface area contributed by atoms with Crippen LogP contribution in [0.3, 0.4) is 0 Å². The van der Waals surface area contributed by atoms with Gasteiger partial charge in [0.2, 0.25) is 0 Å². The number of hydrogen-bond donors (Lipinski definition) is 6. The summed E-state index contributed by atoms with van der Waals surface area (Å²) in [6.07, 6.45) is -4.40. The molecule has 2 rings (SSSR count). The van der Waals surface area contributed by atoms with Gasteiger partial charge in [0.15, 0.2) is 0 Å². The van der Waals surface area contributed by atoms with Crippen molar-refractivity contribution in [2.24, 2.45) is 0 Å². The van der Waals surface area contributed by atoms with Gasteiger partial charge in [0, 0.05) is 12.8 Å². The first-order valence-corrected chi connectivity index (χ1v) is 11.9. The lowest BCUT2D eigenvalue weighted by Crippen LogP contribution is -2.66. The summed E-state index contributed by atoms with van der Waals surface area (Å²) in [6, 6.07) is 14.8. The zero-order chi connectivity index (χ0) is 25.5. The fourth-order valence-electron chi connectivity index (χ4n) is 4.82. The Labute approximate surface area is 202 Å². The zero-order valence-corrected chi connectivity index (χ0v) is 20.5. The second kappa shape index (κ2) is 12.1. The summed E-state index contributed by atoms with van der Waals surface area (Å²) < 4.78 is 0. The molecule has 0 fully saturated rings. The van der Waals surface area contributed by atoms with Crippen LogP contribution in [0.25, 0.3) is 0 Å². The standard InChI is InChI=1S/C28H40O6/c1-5-20-11-7-9-13-22(20)16-27(33,15-19(3)4)26(32)28(34,25(31)24(30)18-29)17-23-14-10-8-12-21(23)6-2/h7-14,24-26,29-34H,3,5-6,15-18H2,1-2,4H3/t24-,25+,26+,27?,28+/m0/s1. The molecule has 34 heavy (non-hydrogen) atoms. The third-order valence-electron chi connectivity index (χ3n) is 6.62. The van der Waals surface area contributed by atoms with Gasteiger partial charge in [-0.15, -0.1) is 6.58 Å². The normalized spacial score (nSPS) is 17.9. The van der Waals surface area contributed by atoms with E-state index in [2.05, 4.69) is 6.58 Å². The van der Waals surface area contributed by atoms with Crippen molar-refractivity contribution in [2.45, 2.75) is 82.4 Å². The summed E-state index contributed by atoms with van der Waals surface area (Å²) in [5.41, 5.74) is -0.306. The lowest BCUT2D eigenvalue weighted by Gasteiger charge is -2.46. The fraction of sp³-hybridized carbons (Fsp3) is 0.500. The molecule has 0 amide bonds. The molecule has 2 aromatic carbocycles. The summed E-state index contributed by atoms with van der Waals surface area (Å²) in [5, 5.41) is 66.0. The second-order valence-corrected chi connectivity index (χ2v) is 9.42. The van der Waals surface area contributed by atoms with Gasteiger partial charge >= 0.3 is 0 Å². The van der Waals surface area contributed by atoms with Crippen molar-refractivity contribution in [1.82, 2.24) is 0 Å². The van der Waals surface area contributed by atoms with Gasteiger partial charge in [-0.2, -0.15) is 0 Å². The van der Waals surface area contributed by atoms with E-state index in [9.17, 15) is 30.6 Å². The average Bonchev–Trinajstić information content (AvgIpc) is 2.82. The third kappa shape index (κ3) is 6.33. The quantitative estimate of drug-likeness (QED) is 0.248. The molecule has 188 valence electrons. The minimum atomic E-state index is -2.36. The summed E-state index contributed by atoms with van der Waals surface area (Å²) in [6.45, 7) is 8.73. The maximum atomic E-state index is 11.8. The molecule has 0 radical (unpaired) electrons. The van der Waals surface area contributed by atoms with E-state index in [0.717, 1.165) is 23.1 Å². The number of hydrogen-bond acceptors (Lipinski definition) is 6. The van der Waals surface area contributed by atoms with Crippen LogP contribution in [0.4, 0.5) is 0 Å². The first-order chi connectivity index (χ1) is 16.0. The number of aliphatic hydroxyl groups is 6. The molecule has 0 bridgehead atoms. The molecule has 2 aromatic rings. The van der Waals surface area contributed by atoms with Crippen molar-refractivity contribution < 1.29 is 30.6 Å². The number of benzene rings is 2. The zero-order valence-electron chi connectivity index (χ0n) is 20.5. The summed E-state index contributed by atoms with van der Waals surface area (Å²) >= 11 is 0. The van der Waals surface area contributed by atoms with Crippen molar-refractivity contribution in [3.05, 3.63) is 82.9 Å². The van der Waals surface area contributed by atoms with E-state index in [1.165, 1.54) is 0 Å². The van der Waals surface area contributed by atoms with E-state index >= 15 is 0 Å². The molecule has 0 saturated heterocycles. The Morgan fingerprint density at radius 1 is 0.824 bits per heavy atom. The van der Waals surface area contributed by atoms with Gasteiger partial charge in [-0.25, -0.2) is 0 Å². The van der Waals surface area contributed by atoms with E-state index in [4.69, 9.17) is 0 Å². The van der Waals surface area contributed by atoms with Gasteiger partial charge in [0.05, 0.1) is 6.61 Å². The Balaban J connectivity index is 2.61. The summed E-state index contributed by atoms with van der Waals surface area (Å²) in [5.74, 6) is 0. The Morgan fingerprint density at radius 2 is 1.26 bits per heavy atom. The first-order valence-electron chi connectivity index (χ1n) is 11.9. The topological polar surface area (TPSA) is 121 Å². The summed E-state index contributed by atoms with van der Waals surface area (Å²) in [7, 11) is 0. The molecule has 0 saturated carbocycles. The van der Waals surface area contributed by atoms with E-state index in [0.29, 0.717) is 17.6 Å². The average molecular weight is 473 g/mol. The maximum Gasteiger partial charge on any atom is 0.126 e. The predicted octanol–water partition coefficient (Wildman–Crippen LogP) is 2.10. The monoisotopic (exact) mass is 472 g/mol. The van der Waals surface area contributed by atoms with E-state index in [-0.39, 0.29) is 19.3 Å². The van der Waals surface area contributed by atoms with E-state index in [1.54, 1.807) is 19.1 Å². The molecule has 6 N–H and O–H groups in total. The Bertz CT molecular complexity index is 944. The first kappa shape index (κ1) is 28.2. The number of aliphatic hydroxyl groups excluding tert-OH is 4. The van der Waals surface area contributed by atoms with Crippen molar-refractivity contribution >= 4 is 0 Å². The largest absolute Gasteiger partial charge is 0.394 e. The molecule has 6 nitrogen and oxygen atoms in total. The minimum absolute atomic E-state index is 0.00468. The molecular formula is C28H40O6. The molecule has 0 aliphatic carbocycles. The van der Waals surface area contributed by atoms with E-state index in [1.807, 2.05) is 50.2 Å². The molecule has 0 aliphatic heterocycles. The minimum Gasteiger partial charge on any atom is -0.394 e. The van der Waals surface area contributed by atoms with Crippen LogP contribution in [0.2, 0.25) is 0 Å².